The average molecular weight is 202 g/mol. The Morgan fingerprint density at radius 1 is 1.40 bits per heavy atom. The summed E-state index contributed by atoms with van der Waals surface area (Å²) in [5.41, 5.74) is 8.31. The average Bonchev–Trinajstić information content (AvgIpc) is 2.95. The molecule has 4 nitrogen and oxygen atoms in total. The van der Waals surface area contributed by atoms with Gasteiger partial charge >= 0.3 is 0 Å². The normalized spacial score (nSPS) is 18.2. The van der Waals surface area contributed by atoms with Crippen LogP contribution < -0.4 is 5.73 Å². The van der Waals surface area contributed by atoms with Gasteiger partial charge in [0.25, 0.3) is 0 Å². The molecule has 1 aliphatic rings. The second-order valence-electron chi connectivity index (χ2n) is 4.43. The molecule has 1 fully saturated rings. The van der Waals surface area contributed by atoms with Crippen molar-refractivity contribution in [3.8, 4) is 0 Å². The van der Waals surface area contributed by atoms with Gasteiger partial charge in [0, 0.05) is 24.3 Å². The molecule has 2 heterocycles. The number of fused-ring (bicyclic) bond motifs is 1. The molecule has 3 rings (SSSR count). The zero-order valence-electron chi connectivity index (χ0n) is 8.56. The van der Waals surface area contributed by atoms with E-state index in [1.54, 1.807) is 12.4 Å². The summed E-state index contributed by atoms with van der Waals surface area (Å²) in [6.07, 6.45) is 11.0. The SMILES string of the molecule is NCC1(Cc2cnc3cnccn23)CC1. The molecule has 0 bridgehead atoms. The molecule has 0 amide bonds. The molecule has 0 spiro atoms. The predicted molar refractivity (Wildman–Crippen MR) is 57.4 cm³/mol. The number of aromatic nitrogens is 3. The molecule has 15 heavy (non-hydrogen) atoms. The van der Waals surface area contributed by atoms with Crippen LogP contribution in [-0.2, 0) is 6.42 Å². The number of hydrogen-bond acceptors (Lipinski definition) is 3. The van der Waals surface area contributed by atoms with Crippen molar-refractivity contribution in [1.29, 1.82) is 0 Å². The van der Waals surface area contributed by atoms with E-state index in [2.05, 4.69) is 14.4 Å². The van der Waals surface area contributed by atoms with Gasteiger partial charge in [-0.1, -0.05) is 0 Å². The van der Waals surface area contributed by atoms with Gasteiger partial charge in [-0.2, -0.15) is 0 Å². The van der Waals surface area contributed by atoms with E-state index in [1.807, 2.05) is 12.4 Å². The zero-order chi connectivity index (χ0) is 10.3. The van der Waals surface area contributed by atoms with Crippen molar-refractivity contribution < 1.29 is 0 Å². The molecule has 0 radical (unpaired) electrons. The molecule has 2 N–H and O–H groups in total. The Kier molecular flexibility index (Phi) is 1.79. The maximum absolute atomic E-state index is 5.79. The predicted octanol–water partition coefficient (Wildman–Crippen LogP) is 1.01. The summed E-state index contributed by atoms with van der Waals surface area (Å²) in [5.74, 6) is 0. The van der Waals surface area contributed by atoms with Crippen molar-refractivity contribution in [1.82, 2.24) is 14.4 Å². The van der Waals surface area contributed by atoms with E-state index in [9.17, 15) is 0 Å². The first kappa shape index (κ1) is 8.85. The highest BCUT2D eigenvalue weighted by molar-refractivity contribution is 5.37. The molecular weight excluding hydrogens is 188 g/mol. The minimum absolute atomic E-state index is 0.360. The van der Waals surface area contributed by atoms with Crippen LogP contribution in [0.1, 0.15) is 18.5 Å². The maximum Gasteiger partial charge on any atom is 0.155 e. The smallest absolute Gasteiger partial charge is 0.155 e. The van der Waals surface area contributed by atoms with Gasteiger partial charge in [-0.25, -0.2) is 4.98 Å². The molecule has 1 aliphatic carbocycles. The second kappa shape index (κ2) is 3.03. The third-order valence-corrected chi connectivity index (χ3v) is 3.34. The molecule has 2 aromatic heterocycles. The lowest BCUT2D eigenvalue weighted by atomic mass is 10.0. The summed E-state index contributed by atoms with van der Waals surface area (Å²) in [5, 5.41) is 0. The van der Waals surface area contributed by atoms with Crippen molar-refractivity contribution in [2.24, 2.45) is 11.1 Å². The van der Waals surface area contributed by atoms with Crippen LogP contribution in [0.5, 0.6) is 0 Å². The zero-order valence-corrected chi connectivity index (χ0v) is 8.56. The number of nitrogens with zero attached hydrogens (tertiary/aromatic N) is 3. The summed E-state index contributed by atoms with van der Waals surface area (Å²) in [7, 11) is 0. The first-order valence-corrected chi connectivity index (χ1v) is 5.29. The standard InChI is InChI=1S/C11H14N4/c12-8-11(1-2-11)5-9-6-14-10-7-13-3-4-15(9)10/h3-4,6-7H,1-2,5,8,12H2. The van der Waals surface area contributed by atoms with E-state index in [0.717, 1.165) is 18.6 Å². The van der Waals surface area contributed by atoms with Gasteiger partial charge in [-0.05, 0) is 31.2 Å². The molecule has 0 unspecified atom stereocenters. The number of rotatable bonds is 3. The van der Waals surface area contributed by atoms with E-state index in [4.69, 9.17) is 5.73 Å². The molecular formula is C11H14N4. The highest BCUT2D eigenvalue weighted by Gasteiger charge is 2.41. The van der Waals surface area contributed by atoms with Crippen molar-refractivity contribution in [3.63, 3.8) is 0 Å². The minimum atomic E-state index is 0.360. The van der Waals surface area contributed by atoms with Crippen LogP contribution in [0.2, 0.25) is 0 Å². The van der Waals surface area contributed by atoms with Crippen LogP contribution in [0.4, 0.5) is 0 Å². The highest BCUT2D eigenvalue weighted by atomic mass is 15.0. The Bertz CT molecular complexity index is 484. The topological polar surface area (TPSA) is 56.2 Å². The fourth-order valence-electron chi connectivity index (χ4n) is 2.04. The Balaban J connectivity index is 1.98. The van der Waals surface area contributed by atoms with E-state index in [-0.39, 0.29) is 0 Å². The van der Waals surface area contributed by atoms with Crippen molar-refractivity contribution in [3.05, 3.63) is 30.5 Å². The van der Waals surface area contributed by atoms with Gasteiger partial charge < -0.3 is 10.1 Å². The Labute approximate surface area is 88.1 Å². The van der Waals surface area contributed by atoms with Gasteiger partial charge in [-0.3, -0.25) is 4.98 Å². The maximum atomic E-state index is 5.79. The monoisotopic (exact) mass is 202 g/mol. The molecule has 1 saturated carbocycles. The van der Waals surface area contributed by atoms with Gasteiger partial charge in [0.1, 0.15) is 0 Å². The van der Waals surface area contributed by atoms with Crippen LogP contribution >= 0.6 is 0 Å². The summed E-state index contributed by atoms with van der Waals surface area (Å²) in [6.45, 7) is 0.783. The number of nitrogens with two attached hydrogens (primary N) is 1. The molecule has 0 aliphatic heterocycles. The van der Waals surface area contributed by atoms with Crippen LogP contribution in [0.15, 0.2) is 24.8 Å². The van der Waals surface area contributed by atoms with Gasteiger partial charge in [0.2, 0.25) is 0 Å². The van der Waals surface area contributed by atoms with Crippen molar-refractivity contribution in [2.45, 2.75) is 19.3 Å². The van der Waals surface area contributed by atoms with Crippen LogP contribution in [0.25, 0.3) is 5.65 Å². The summed E-state index contributed by atoms with van der Waals surface area (Å²) < 4.78 is 2.10. The largest absolute Gasteiger partial charge is 0.330 e. The first-order chi connectivity index (χ1) is 7.33. The fourth-order valence-corrected chi connectivity index (χ4v) is 2.04. The fraction of sp³-hybridized carbons (Fsp3) is 0.455. The van der Waals surface area contributed by atoms with E-state index in [0.29, 0.717) is 5.41 Å². The lowest BCUT2D eigenvalue weighted by Gasteiger charge is -2.10. The molecule has 0 atom stereocenters. The van der Waals surface area contributed by atoms with Crippen LogP contribution in [-0.4, -0.2) is 20.9 Å². The number of imidazole rings is 1. The Hall–Kier alpha value is -1.42. The van der Waals surface area contributed by atoms with Crippen molar-refractivity contribution in [2.75, 3.05) is 6.54 Å². The molecule has 78 valence electrons. The lowest BCUT2D eigenvalue weighted by molar-refractivity contribution is 0.512. The lowest BCUT2D eigenvalue weighted by Crippen LogP contribution is -2.18. The highest BCUT2D eigenvalue weighted by Crippen LogP contribution is 2.47. The quantitative estimate of drug-likeness (QED) is 0.808. The summed E-state index contributed by atoms with van der Waals surface area (Å²) >= 11 is 0. The van der Waals surface area contributed by atoms with E-state index in [1.165, 1.54) is 18.5 Å². The summed E-state index contributed by atoms with van der Waals surface area (Å²) in [4.78, 5) is 8.37. The Morgan fingerprint density at radius 3 is 3.00 bits per heavy atom. The minimum Gasteiger partial charge on any atom is -0.330 e. The van der Waals surface area contributed by atoms with Gasteiger partial charge in [0.15, 0.2) is 5.65 Å². The summed E-state index contributed by atoms with van der Waals surface area (Å²) in [6, 6.07) is 0. The van der Waals surface area contributed by atoms with Gasteiger partial charge in [-0.15, -0.1) is 0 Å². The van der Waals surface area contributed by atoms with Crippen LogP contribution in [0, 0.1) is 5.41 Å². The molecule has 0 aromatic carbocycles. The van der Waals surface area contributed by atoms with E-state index < -0.39 is 0 Å². The third kappa shape index (κ3) is 1.41. The number of hydrogen-bond donors (Lipinski definition) is 1. The van der Waals surface area contributed by atoms with Crippen LogP contribution in [0.3, 0.4) is 0 Å². The first-order valence-electron chi connectivity index (χ1n) is 5.29. The van der Waals surface area contributed by atoms with E-state index >= 15 is 0 Å². The third-order valence-electron chi connectivity index (χ3n) is 3.34. The molecule has 0 saturated heterocycles. The Morgan fingerprint density at radius 2 is 2.27 bits per heavy atom. The molecule has 2 aromatic rings. The van der Waals surface area contributed by atoms with Crippen molar-refractivity contribution >= 4 is 5.65 Å². The van der Waals surface area contributed by atoms with Gasteiger partial charge in [0.05, 0.1) is 6.20 Å². The second-order valence-corrected chi connectivity index (χ2v) is 4.43. The molecule has 4 heteroatoms.